The number of amides is 1. The first-order valence-electron chi connectivity index (χ1n) is 5.31. The number of carbonyl (C=O) groups is 1. The van der Waals surface area contributed by atoms with Crippen LogP contribution in [0.1, 0.15) is 0 Å². The van der Waals surface area contributed by atoms with Crippen molar-refractivity contribution in [3.8, 4) is 5.75 Å². The molecule has 8 nitrogen and oxygen atoms in total. The maximum absolute atomic E-state index is 11.5. The summed E-state index contributed by atoms with van der Waals surface area (Å²) >= 11 is 0. The third kappa shape index (κ3) is 3.28. The Morgan fingerprint density at radius 2 is 2.26 bits per heavy atom. The minimum Gasteiger partial charge on any atom is -0.477 e. The summed E-state index contributed by atoms with van der Waals surface area (Å²) in [5.74, 6) is -0.380. The normalized spacial score (nSPS) is 9.89. The van der Waals surface area contributed by atoms with Crippen molar-refractivity contribution >= 4 is 17.3 Å². The molecule has 0 unspecified atom stereocenters. The maximum atomic E-state index is 11.5. The number of aromatic amines is 1. The van der Waals surface area contributed by atoms with Crippen LogP contribution in [0.15, 0.2) is 36.7 Å². The number of ether oxygens (including phenoxy) is 1. The van der Waals surface area contributed by atoms with Gasteiger partial charge in [-0.1, -0.05) is 12.1 Å². The van der Waals surface area contributed by atoms with Gasteiger partial charge in [0.05, 0.1) is 16.8 Å². The van der Waals surface area contributed by atoms with Crippen molar-refractivity contribution in [2.24, 2.45) is 0 Å². The predicted molar refractivity (Wildman–Crippen MR) is 65.8 cm³/mol. The van der Waals surface area contributed by atoms with E-state index in [4.69, 9.17) is 4.74 Å². The summed E-state index contributed by atoms with van der Waals surface area (Å²) in [5.41, 5.74) is 0.315. The van der Waals surface area contributed by atoms with E-state index in [2.05, 4.69) is 15.5 Å². The highest BCUT2D eigenvalue weighted by atomic mass is 16.6. The Morgan fingerprint density at radius 3 is 2.95 bits per heavy atom. The van der Waals surface area contributed by atoms with Crippen LogP contribution in [0.2, 0.25) is 0 Å². The highest BCUT2D eigenvalue weighted by molar-refractivity contribution is 5.91. The van der Waals surface area contributed by atoms with Crippen LogP contribution in [-0.4, -0.2) is 27.6 Å². The molecule has 0 saturated heterocycles. The molecule has 2 rings (SSSR count). The molecule has 0 aliphatic rings. The van der Waals surface area contributed by atoms with Gasteiger partial charge in [-0.3, -0.25) is 20.0 Å². The van der Waals surface area contributed by atoms with Crippen molar-refractivity contribution in [3.05, 3.63) is 46.8 Å². The van der Waals surface area contributed by atoms with Crippen molar-refractivity contribution in [2.75, 3.05) is 11.9 Å². The molecule has 0 spiro atoms. The molecule has 1 aromatic heterocycles. The lowest BCUT2D eigenvalue weighted by Crippen LogP contribution is -2.20. The fourth-order valence-electron chi connectivity index (χ4n) is 1.39. The smallest absolute Gasteiger partial charge is 0.310 e. The van der Waals surface area contributed by atoms with Crippen molar-refractivity contribution in [2.45, 2.75) is 0 Å². The molecule has 1 aromatic carbocycles. The fourth-order valence-corrected chi connectivity index (χ4v) is 1.39. The van der Waals surface area contributed by atoms with Gasteiger partial charge in [-0.05, 0) is 6.07 Å². The number of H-pyrrole nitrogens is 1. The molecule has 1 amide bonds. The van der Waals surface area contributed by atoms with Crippen LogP contribution in [0, 0.1) is 10.1 Å². The van der Waals surface area contributed by atoms with Gasteiger partial charge in [-0.25, -0.2) is 0 Å². The highest BCUT2D eigenvalue weighted by Gasteiger charge is 2.14. The second-order valence-corrected chi connectivity index (χ2v) is 3.55. The predicted octanol–water partition coefficient (Wildman–Crippen LogP) is 1.34. The minimum absolute atomic E-state index is 0.0508. The molecule has 0 aliphatic heterocycles. The first kappa shape index (κ1) is 12.6. The summed E-state index contributed by atoms with van der Waals surface area (Å²) < 4.78 is 5.12. The number of nitro benzene ring substituents is 1. The molecule has 8 heteroatoms. The Hall–Kier alpha value is -2.90. The zero-order valence-corrected chi connectivity index (χ0v) is 9.70. The average molecular weight is 262 g/mol. The fraction of sp³-hybridized carbons (Fsp3) is 0.0909. The molecule has 0 aliphatic carbocycles. The van der Waals surface area contributed by atoms with E-state index in [0.717, 1.165) is 0 Å². The lowest BCUT2D eigenvalue weighted by Gasteiger charge is -2.06. The summed E-state index contributed by atoms with van der Waals surface area (Å²) in [6, 6.07) is 5.86. The molecule has 1 heterocycles. The third-order valence-corrected chi connectivity index (χ3v) is 2.20. The standard InChI is InChI=1S/C11H10N4O4/c16-11(14-8-5-12-13-6-8)7-19-10-4-2-1-3-9(10)15(17)18/h1-6H,7H2,(H,12,13)(H,14,16). The lowest BCUT2D eigenvalue weighted by molar-refractivity contribution is -0.385. The van der Waals surface area contributed by atoms with Crippen LogP contribution in [0.25, 0.3) is 0 Å². The number of nitrogens with zero attached hydrogens (tertiary/aromatic N) is 2. The van der Waals surface area contributed by atoms with Crippen LogP contribution >= 0.6 is 0 Å². The second kappa shape index (κ2) is 5.63. The second-order valence-electron chi connectivity index (χ2n) is 3.55. The highest BCUT2D eigenvalue weighted by Crippen LogP contribution is 2.25. The van der Waals surface area contributed by atoms with Crippen LogP contribution in [0.5, 0.6) is 5.75 Å². The minimum atomic E-state index is -0.566. The number of carbonyl (C=O) groups excluding carboxylic acids is 1. The Kier molecular flexibility index (Phi) is 3.72. The molecular weight excluding hydrogens is 252 g/mol. The van der Waals surface area contributed by atoms with Gasteiger partial charge >= 0.3 is 5.69 Å². The Labute approximate surface area is 107 Å². The van der Waals surface area contributed by atoms with E-state index >= 15 is 0 Å². The van der Waals surface area contributed by atoms with Gasteiger partial charge in [0.25, 0.3) is 5.91 Å². The number of para-hydroxylation sites is 2. The molecule has 0 atom stereocenters. The van der Waals surface area contributed by atoms with E-state index in [1.54, 1.807) is 6.07 Å². The van der Waals surface area contributed by atoms with E-state index in [0.29, 0.717) is 5.69 Å². The summed E-state index contributed by atoms with van der Waals surface area (Å²) in [4.78, 5) is 21.7. The third-order valence-electron chi connectivity index (χ3n) is 2.20. The Morgan fingerprint density at radius 1 is 1.47 bits per heavy atom. The Bertz CT molecular complexity index is 582. The van der Waals surface area contributed by atoms with Crippen molar-refractivity contribution in [1.29, 1.82) is 0 Å². The number of benzene rings is 1. The number of nitro groups is 1. The molecule has 0 saturated carbocycles. The summed E-state index contributed by atoms with van der Waals surface area (Å²) in [6.45, 7) is -0.323. The number of anilines is 1. The molecule has 2 aromatic rings. The first-order valence-corrected chi connectivity index (χ1v) is 5.31. The van der Waals surface area contributed by atoms with Gasteiger partial charge < -0.3 is 10.1 Å². The van der Waals surface area contributed by atoms with Crippen molar-refractivity contribution in [3.63, 3.8) is 0 Å². The van der Waals surface area contributed by atoms with Gasteiger partial charge in [0.2, 0.25) is 0 Å². The first-order chi connectivity index (χ1) is 9.16. The van der Waals surface area contributed by atoms with Crippen molar-refractivity contribution in [1.82, 2.24) is 10.2 Å². The van der Waals surface area contributed by atoms with Crippen LogP contribution in [0.4, 0.5) is 11.4 Å². The van der Waals surface area contributed by atoms with E-state index in [1.807, 2.05) is 0 Å². The number of rotatable bonds is 5. The molecule has 0 bridgehead atoms. The van der Waals surface area contributed by atoms with Gasteiger partial charge in [-0.15, -0.1) is 0 Å². The topological polar surface area (TPSA) is 110 Å². The molecule has 2 N–H and O–H groups in total. The van der Waals surface area contributed by atoms with Gasteiger partial charge in [0, 0.05) is 12.3 Å². The van der Waals surface area contributed by atoms with Gasteiger partial charge in [-0.2, -0.15) is 5.10 Å². The quantitative estimate of drug-likeness (QED) is 0.624. The van der Waals surface area contributed by atoms with Gasteiger partial charge in [0.1, 0.15) is 0 Å². The van der Waals surface area contributed by atoms with Crippen LogP contribution in [0.3, 0.4) is 0 Å². The summed E-state index contributed by atoms with van der Waals surface area (Å²) in [6.07, 6.45) is 2.94. The Balaban J connectivity index is 1.95. The zero-order chi connectivity index (χ0) is 13.7. The van der Waals surface area contributed by atoms with Gasteiger partial charge in [0.15, 0.2) is 12.4 Å². The zero-order valence-electron chi connectivity index (χ0n) is 9.70. The van der Waals surface area contributed by atoms with Crippen molar-refractivity contribution < 1.29 is 14.5 Å². The van der Waals surface area contributed by atoms with E-state index < -0.39 is 10.8 Å². The molecule has 0 fully saturated rings. The van der Waals surface area contributed by atoms with E-state index in [-0.39, 0.29) is 18.0 Å². The molecule has 0 radical (unpaired) electrons. The van der Waals surface area contributed by atoms with E-state index in [9.17, 15) is 14.9 Å². The number of nitrogens with one attached hydrogen (secondary N) is 2. The van der Waals surface area contributed by atoms with E-state index in [1.165, 1.54) is 30.6 Å². The van der Waals surface area contributed by atoms with Crippen LogP contribution < -0.4 is 10.1 Å². The maximum Gasteiger partial charge on any atom is 0.310 e. The molecule has 98 valence electrons. The molecular formula is C11H10N4O4. The monoisotopic (exact) mass is 262 g/mol. The largest absolute Gasteiger partial charge is 0.477 e. The average Bonchev–Trinajstić information content (AvgIpc) is 2.89. The SMILES string of the molecule is O=C(COc1ccccc1[N+](=O)[O-])Nc1cn[nH]c1. The number of aromatic nitrogens is 2. The summed E-state index contributed by atoms with van der Waals surface area (Å²) in [7, 11) is 0. The number of hydrogen-bond acceptors (Lipinski definition) is 5. The summed E-state index contributed by atoms with van der Waals surface area (Å²) in [5, 5.41) is 19.4. The lowest BCUT2D eigenvalue weighted by atomic mass is 10.3. The van der Waals surface area contributed by atoms with Crippen LogP contribution in [-0.2, 0) is 4.79 Å². The number of hydrogen-bond donors (Lipinski definition) is 2. The molecule has 19 heavy (non-hydrogen) atoms.